The van der Waals surface area contributed by atoms with Crippen molar-refractivity contribution in [3.05, 3.63) is 76.4 Å². The highest BCUT2D eigenvalue weighted by Crippen LogP contribution is 2.34. The maximum Gasteiger partial charge on any atom is 0.417 e. The lowest BCUT2D eigenvalue weighted by atomic mass is 9.93. The van der Waals surface area contributed by atoms with Gasteiger partial charge < -0.3 is 0 Å². The first kappa shape index (κ1) is 19.0. The molecule has 27 heavy (non-hydrogen) atoms. The quantitative estimate of drug-likeness (QED) is 0.581. The van der Waals surface area contributed by atoms with Crippen LogP contribution in [0, 0.1) is 5.82 Å². The van der Waals surface area contributed by atoms with E-state index in [2.05, 4.69) is 4.98 Å². The molecule has 3 rings (SSSR count). The Labute approximate surface area is 153 Å². The monoisotopic (exact) mass is 376 g/mol. The standard InChI is InChI=1S/C20H16F4N2O/c1-26-11-14(8-13-4-3-7-25-10-13)19(27)15(12-26)9-16-17(20(22,23)24)5-2-6-18(16)21/h2-10H,11-12H2,1H3/b14-8?,15-9+. The number of ketones is 1. The van der Waals surface area contributed by atoms with Gasteiger partial charge in [-0.05, 0) is 43.0 Å². The molecule has 0 spiro atoms. The number of Topliss-reactive ketones (excluding diaryl/α,β-unsaturated/α-hetero) is 1. The van der Waals surface area contributed by atoms with Gasteiger partial charge in [0.15, 0.2) is 5.78 Å². The Bertz CT molecular complexity index is 917. The van der Waals surface area contributed by atoms with E-state index in [1.165, 1.54) is 0 Å². The number of alkyl halides is 3. The number of hydrogen-bond donors (Lipinski definition) is 0. The molecule has 0 N–H and O–H groups in total. The van der Waals surface area contributed by atoms with Crippen LogP contribution in [0.4, 0.5) is 17.6 Å². The third-order valence-electron chi connectivity index (χ3n) is 4.17. The summed E-state index contributed by atoms with van der Waals surface area (Å²) in [6.07, 6.45) is 1.11. The number of pyridine rings is 1. The molecule has 140 valence electrons. The van der Waals surface area contributed by atoms with Crippen LogP contribution >= 0.6 is 0 Å². The lowest BCUT2D eigenvalue weighted by molar-refractivity contribution is -0.138. The molecule has 1 aromatic carbocycles. The average Bonchev–Trinajstić information content (AvgIpc) is 2.60. The maximum absolute atomic E-state index is 14.1. The number of nitrogens with zero attached hydrogens (tertiary/aromatic N) is 2. The molecular weight excluding hydrogens is 360 g/mol. The largest absolute Gasteiger partial charge is 0.417 e. The third-order valence-corrected chi connectivity index (χ3v) is 4.17. The molecule has 0 atom stereocenters. The zero-order valence-electron chi connectivity index (χ0n) is 14.4. The number of piperidine rings is 1. The minimum Gasteiger partial charge on any atom is -0.298 e. The molecule has 0 saturated carbocycles. The van der Waals surface area contributed by atoms with Crippen molar-refractivity contribution in [3.63, 3.8) is 0 Å². The fourth-order valence-electron chi connectivity index (χ4n) is 2.98. The summed E-state index contributed by atoms with van der Waals surface area (Å²) < 4.78 is 53.7. The van der Waals surface area contributed by atoms with Crippen LogP contribution in [0.5, 0.6) is 0 Å². The van der Waals surface area contributed by atoms with Crippen LogP contribution in [0.15, 0.2) is 53.9 Å². The van der Waals surface area contributed by atoms with Crippen LogP contribution in [0.2, 0.25) is 0 Å². The molecule has 1 aliphatic heterocycles. The normalized spacial score (nSPS) is 19.1. The van der Waals surface area contributed by atoms with Gasteiger partial charge in [0.05, 0.1) is 5.56 Å². The Morgan fingerprint density at radius 1 is 1.07 bits per heavy atom. The Morgan fingerprint density at radius 2 is 1.78 bits per heavy atom. The topological polar surface area (TPSA) is 33.2 Å². The zero-order valence-corrected chi connectivity index (χ0v) is 14.4. The van der Waals surface area contributed by atoms with Crippen LogP contribution in [-0.4, -0.2) is 35.8 Å². The SMILES string of the molecule is CN1CC(=Cc2cccnc2)C(=O)/C(=C/c2c(F)cccc2C(F)(F)F)C1. The summed E-state index contributed by atoms with van der Waals surface area (Å²) in [5.41, 5.74) is -0.502. The van der Waals surface area contributed by atoms with Gasteiger partial charge in [-0.25, -0.2) is 4.39 Å². The van der Waals surface area contributed by atoms with E-state index in [0.29, 0.717) is 17.7 Å². The van der Waals surface area contributed by atoms with Gasteiger partial charge in [-0.1, -0.05) is 12.1 Å². The smallest absolute Gasteiger partial charge is 0.298 e. The van der Waals surface area contributed by atoms with Crippen molar-refractivity contribution >= 4 is 17.9 Å². The molecule has 1 saturated heterocycles. The number of likely N-dealkylation sites (N-methyl/N-ethyl adjacent to an activating group) is 1. The molecule has 3 nitrogen and oxygen atoms in total. The van der Waals surface area contributed by atoms with Gasteiger partial charge in [-0.2, -0.15) is 13.2 Å². The second-order valence-electron chi connectivity index (χ2n) is 6.33. The first-order valence-electron chi connectivity index (χ1n) is 8.16. The van der Waals surface area contributed by atoms with Crippen molar-refractivity contribution in [1.82, 2.24) is 9.88 Å². The predicted molar refractivity (Wildman–Crippen MR) is 94.1 cm³/mol. The van der Waals surface area contributed by atoms with Gasteiger partial charge in [0.1, 0.15) is 5.82 Å². The highest BCUT2D eigenvalue weighted by Gasteiger charge is 2.34. The Balaban J connectivity index is 2.05. The highest BCUT2D eigenvalue weighted by molar-refractivity contribution is 6.14. The molecule has 1 fully saturated rings. The van der Waals surface area contributed by atoms with Crippen molar-refractivity contribution in [2.45, 2.75) is 6.18 Å². The van der Waals surface area contributed by atoms with Crippen molar-refractivity contribution < 1.29 is 22.4 Å². The van der Waals surface area contributed by atoms with Crippen LogP contribution in [0.3, 0.4) is 0 Å². The van der Waals surface area contributed by atoms with E-state index in [-0.39, 0.29) is 12.1 Å². The first-order valence-corrected chi connectivity index (χ1v) is 8.16. The number of halogens is 4. The molecule has 0 bridgehead atoms. The van der Waals surface area contributed by atoms with Crippen LogP contribution in [0.25, 0.3) is 12.2 Å². The Morgan fingerprint density at radius 3 is 2.41 bits per heavy atom. The number of benzene rings is 1. The van der Waals surface area contributed by atoms with Gasteiger partial charge in [0, 0.05) is 42.2 Å². The molecule has 2 heterocycles. The predicted octanol–water partition coefficient (Wildman–Crippen LogP) is 4.22. The van der Waals surface area contributed by atoms with E-state index in [4.69, 9.17) is 0 Å². The van der Waals surface area contributed by atoms with E-state index in [1.54, 1.807) is 42.6 Å². The molecule has 1 aromatic heterocycles. The van der Waals surface area contributed by atoms with Gasteiger partial charge in [0.25, 0.3) is 0 Å². The molecule has 0 aliphatic carbocycles. The lowest BCUT2D eigenvalue weighted by Crippen LogP contribution is -2.34. The van der Waals surface area contributed by atoms with E-state index >= 15 is 0 Å². The number of aromatic nitrogens is 1. The summed E-state index contributed by atoms with van der Waals surface area (Å²) >= 11 is 0. The molecule has 0 unspecified atom stereocenters. The minimum atomic E-state index is -4.72. The number of hydrogen-bond acceptors (Lipinski definition) is 3. The zero-order chi connectivity index (χ0) is 19.6. The van der Waals surface area contributed by atoms with Crippen molar-refractivity contribution in [3.8, 4) is 0 Å². The fraction of sp³-hybridized carbons (Fsp3) is 0.200. The second kappa shape index (κ2) is 7.44. The summed E-state index contributed by atoms with van der Waals surface area (Å²) in [4.78, 5) is 18.5. The molecule has 0 amide bonds. The van der Waals surface area contributed by atoms with E-state index < -0.39 is 28.9 Å². The first-order chi connectivity index (χ1) is 12.8. The molecule has 7 heteroatoms. The van der Waals surface area contributed by atoms with Gasteiger partial charge >= 0.3 is 6.18 Å². The Kier molecular flexibility index (Phi) is 5.23. The summed E-state index contributed by atoms with van der Waals surface area (Å²) in [5.74, 6) is -1.41. The lowest BCUT2D eigenvalue weighted by Gasteiger charge is -2.26. The summed E-state index contributed by atoms with van der Waals surface area (Å²) in [6.45, 7) is 0.476. The summed E-state index contributed by atoms with van der Waals surface area (Å²) in [5, 5.41) is 0. The number of likely N-dealkylation sites (tertiary alicyclic amines) is 1. The number of carbonyl (C=O) groups is 1. The van der Waals surface area contributed by atoms with Gasteiger partial charge in [-0.3, -0.25) is 14.7 Å². The summed E-state index contributed by atoms with van der Waals surface area (Å²) in [6, 6.07) is 6.24. The van der Waals surface area contributed by atoms with Crippen molar-refractivity contribution in [2.24, 2.45) is 0 Å². The molecule has 0 radical (unpaired) electrons. The Hall–Kier alpha value is -2.80. The molecule has 1 aliphatic rings. The third kappa shape index (κ3) is 4.31. The summed E-state index contributed by atoms with van der Waals surface area (Å²) in [7, 11) is 1.74. The van der Waals surface area contributed by atoms with E-state index in [1.807, 2.05) is 0 Å². The minimum absolute atomic E-state index is 0.106. The second-order valence-corrected chi connectivity index (χ2v) is 6.33. The van der Waals surface area contributed by atoms with E-state index in [9.17, 15) is 22.4 Å². The molecule has 2 aromatic rings. The highest BCUT2D eigenvalue weighted by atomic mass is 19.4. The van der Waals surface area contributed by atoms with Crippen LogP contribution in [-0.2, 0) is 11.0 Å². The van der Waals surface area contributed by atoms with Crippen molar-refractivity contribution in [2.75, 3.05) is 20.1 Å². The average molecular weight is 376 g/mol. The fourth-order valence-corrected chi connectivity index (χ4v) is 2.98. The maximum atomic E-state index is 14.1. The number of rotatable bonds is 2. The van der Waals surface area contributed by atoms with Gasteiger partial charge in [-0.15, -0.1) is 0 Å². The molecular formula is C20H16F4N2O. The van der Waals surface area contributed by atoms with Crippen molar-refractivity contribution in [1.29, 1.82) is 0 Å². The van der Waals surface area contributed by atoms with Crippen LogP contribution in [0.1, 0.15) is 16.7 Å². The van der Waals surface area contributed by atoms with Gasteiger partial charge in [0.2, 0.25) is 0 Å². The van der Waals surface area contributed by atoms with E-state index in [0.717, 1.165) is 24.3 Å². The van der Waals surface area contributed by atoms with Crippen LogP contribution < -0.4 is 0 Å². The number of carbonyl (C=O) groups excluding carboxylic acids is 1.